The highest BCUT2D eigenvalue weighted by molar-refractivity contribution is 7.13. The monoisotopic (exact) mass is 334 g/mol. The minimum atomic E-state index is 0.210. The molecule has 3 rings (SSSR count). The summed E-state index contributed by atoms with van der Waals surface area (Å²) in [5.41, 5.74) is 1.13. The van der Waals surface area contributed by atoms with E-state index < -0.39 is 0 Å². The molecule has 0 saturated carbocycles. The van der Waals surface area contributed by atoms with E-state index in [2.05, 4.69) is 33.9 Å². The first-order valence-electron chi connectivity index (χ1n) is 7.05. The molecule has 3 heterocycles. The van der Waals surface area contributed by atoms with Gasteiger partial charge in [0.1, 0.15) is 0 Å². The van der Waals surface area contributed by atoms with Gasteiger partial charge in [-0.2, -0.15) is 4.98 Å². The Morgan fingerprint density at radius 1 is 1.32 bits per heavy atom. The van der Waals surface area contributed by atoms with Crippen molar-refractivity contribution in [2.24, 2.45) is 0 Å². The summed E-state index contributed by atoms with van der Waals surface area (Å²) in [7, 11) is 2.05. The van der Waals surface area contributed by atoms with E-state index in [-0.39, 0.29) is 6.04 Å². The van der Waals surface area contributed by atoms with Crippen molar-refractivity contribution in [1.82, 2.24) is 20.0 Å². The lowest BCUT2D eigenvalue weighted by molar-refractivity contribution is 0.213. The maximum Gasteiger partial charge on any atom is 0.241 e. The lowest BCUT2D eigenvalue weighted by Gasteiger charge is -2.22. The molecule has 7 heteroatoms. The topological polar surface area (TPSA) is 55.1 Å². The third-order valence-electron chi connectivity index (χ3n) is 3.59. The van der Waals surface area contributed by atoms with Gasteiger partial charge in [0.05, 0.1) is 28.2 Å². The first kappa shape index (κ1) is 15.3. The summed E-state index contributed by atoms with van der Waals surface area (Å²) in [6.45, 7) is 6.92. The van der Waals surface area contributed by atoms with Crippen molar-refractivity contribution in [2.45, 2.75) is 33.4 Å². The number of aromatic nitrogens is 3. The van der Waals surface area contributed by atoms with Crippen LogP contribution in [0.4, 0.5) is 0 Å². The van der Waals surface area contributed by atoms with Crippen LogP contribution in [-0.2, 0) is 6.54 Å². The lowest BCUT2D eigenvalue weighted by Crippen LogP contribution is -2.23. The molecule has 0 aliphatic carbocycles. The first-order valence-corrected chi connectivity index (χ1v) is 8.75. The summed E-state index contributed by atoms with van der Waals surface area (Å²) < 4.78 is 5.37. The van der Waals surface area contributed by atoms with Crippen molar-refractivity contribution in [3.8, 4) is 10.7 Å². The van der Waals surface area contributed by atoms with Crippen molar-refractivity contribution >= 4 is 22.7 Å². The van der Waals surface area contributed by atoms with E-state index in [9.17, 15) is 0 Å². The fourth-order valence-electron chi connectivity index (χ4n) is 2.32. The fourth-order valence-corrected chi connectivity index (χ4v) is 3.87. The van der Waals surface area contributed by atoms with Crippen molar-refractivity contribution in [2.75, 3.05) is 7.05 Å². The number of rotatable bonds is 5. The number of nitrogens with zero attached hydrogens (tertiary/aromatic N) is 4. The van der Waals surface area contributed by atoms with Crippen LogP contribution >= 0.6 is 22.7 Å². The van der Waals surface area contributed by atoms with Crippen molar-refractivity contribution < 1.29 is 4.52 Å². The van der Waals surface area contributed by atoms with Gasteiger partial charge in [0.25, 0.3) is 0 Å². The highest BCUT2D eigenvalue weighted by Crippen LogP contribution is 2.27. The average molecular weight is 334 g/mol. The molecule has 0 spiro atoms. The zero-order chi connectivity index (χ0) is 15.7. The number of aryl methyl sites for hydroxylation is 2. The molecule has 1 atom stereocenters. The molecule has 22 heavy (non-hydrogen) atoms. The Labute approximate surface area is 137 Å². The van der Waals surface area contributed by atoms with Gasteiger partial charge in [0.15, 0.2) is 0 Å². The molecule has 0 saturated heterocycles. The highest BCUT2D eigenvalue weighted by atomic mass is 32.1. The first-order chi connectivity index (χ1) is 10.5. The largest absolute Gasteiger partial charge is 0.338 e. The van der Waals surface area contributed by atoms with Gasteiger partial charge < -0.3 is 4.52 Å². The average Bonchev–Trinajstić information content (AvgIpc) is 3.18. The smallest absolute Gasteiger partial charge is 0.241 e. The predicted octanol–water partition coefficient (Wildman–Crippen LogP) is 4.06. The van der Waals surface area contributed by atoms with Gasteiger partial charge in [-0.3, -0.25) is 4.90 Å². The summed E-state index contributed by atoms with van der Waals surface area (Å²) in [4.78, 5) is 13.6. The van der Waals surface area contributed by atoms with E-state index in [0.717, 1.165) is 15.6 Å². The maximum absolute atomic E-state index is 5.37. The molecule has 3 aromatic heterocycles. The Balaban J connectivity index is 1.71. The Morgan fingerprint density at radius 3 is 2.77 bits per heavy atom. The Kier molecular flexibility index (Phi) is 4.37. The molecular formula is C15H18N4OS2. The zero-order valence-electron chi connectivity index (χ0n) is 13.0. The quantitative estimate of drug-likeness (QED) is 0.704. The second kappa shape index (κ2) is 6.28. The normalized spacial score (nSPS) is 13.0. The lowest BCUT2D eigenvalue weighted by atomic mass is 10.2. The minimum Gasteiger partial charge on any atom is -0.338 e. The molecule has 1 unspecified atom stereocenters. The van der Waals surface area contributed by atoms with Crippen LogP contribution in [0.25, 0.3) is 10.7 Å². The minimum absolute atomic E-state index is 0.210. The second-order valence-electron chi connectivity index (χ2n) is 5.25. The standard InChI is InChI=1S/C15H18N4OS2/c1-9(14-10(2)22-11(3)16-14)19(4)8-13-17-15(18-20-13)12-6-5-7-21-12/h5-7,9H,8H2,1-4H3. The molecule has 5 nitrogen and oxygen atoms in total. The molecule has 0 bridgehead atoms. The van der Waals surface area contributed by atoms with Crippen LogP contribution in [0, 0.1) is 13.8 Å². The van der Waals surface area contributed by atoms with Crippen molar-refractivity contribution in [3.63, 3.8) is 0 Å². The van der Waals surface area contributed by atoms with E-state index in [1.165, 1.54) is 4.88 Å². The number of thiophene rings is 1. The summed E-state index contributed by atoms with van der Waals surface area (Å²) in [5, 5.41) is 7.16. The number of hydrogen-bond donors (Lipinski definition) is 0. The van der Waals surface area contributed by atoms with Gasteiger partial charge >= 0.3 is 0 Å². The third kappa shape index (κ3) is 3.11. The molecule has 0 fully saturated rings. The van der Waals surface area contributed by atoms with Crippen molar-refractivity contribution in [1.29, 1.82) is 0 Å². The van der Waals surface area contributed by atoms with Crippen LogP contribution in [0.3, 0.4) is 0 Å². The van der Waals surface area contributed by atoms with Crippen LogP contribution in [0.5, 0.6) is 0 Å². The van der Waals surface area contributed by atoms with Crippen LogP contribution < -0.4 is 0 Å². The van der Waals surface area contributed by atoms with Gasteiger partial charge in [-0.1, -0.05) is 11.2 Å². The van der Waals surface area contributed by atoms with Crippen molar-refractivity contribution in [3.05, 3.63) is 39.0 Å². The summed E-state index contributed by atoms with van der Waals surface area (Å²) in [6, 6.07) is 4.19. The second-order valence-corrected chi connectivity index (χ2v) is 7.61. The summed E-state index contributed by atoms with van der Waals surface area (Å²) in [6.07, 6.45) is 0. The molecule has 0 aromatic carbocycles. The Hall–Kier alpha value is -1.57. The number of thiazole rings is 1. The molecule has 116 valence electrons. The van der Waals surface area contributed by atoms with E-state index in [4.69, 9.17) is 4.52 Å². The third-order valence-corrected chi connectivity index (χ3v) is 5.36. The Morgan fingerprint density at radius 2 is 2.14 bits per heavy atom. The van der Waals surface area contributed by atoms with Gasteiger partial charge in [-0.15, -0.1) is 22.7 Å². The van der Waals surface area contributed by atoms with Crippen LogP contribution in [-0.4, -0.2) is 27.1 Å². The molecule has 0 N–H and O–H groups in total. The molecular weight excluding hydrogens is 316 g/mol. The van der Waals surface area contributed by atoms with Crippen LogP contribution in [0.2, 0.25) is 0 Å². The van der Waals surface area contributed by atoms with Gasteiger partial charge in [0.2, 0.25) is 11.7 Å². The fraction of sp³-hybridized carbons (Fsp3) is 0.400. The SMILES string of the molecule is Cc1nc(C(C)N(C)Cc2nc(-c3cccs3)no2)c(C)s1. The van der Waals surface area contributed by atoms with Crippen LogP contribution in [0.15, 0.2) is 22.0 Å². The molecule has 0 aliphatic rings. The van der Waals surface area contributed by atoms with Gasteiger partial charge in [-0.05, 0) is 39.3 Å². The highest BCUT2D eigenvalue weighted by Gasteiger charge is 2.20. The summed E-state index contributed by atoms with van der Waals surface area (Å²) >= 11 is 3.34. The Bertz CT molecular complexity index is 748. The molecule has 0 radical (unpaired) electrons. The molecule has 3 aromatic rings. The summed E-state index contributed by atoms with van der Waals surface area (Å²) in [5.74, 6) is 1.29. The number of hydrogen-bond acceptors (Lipinski definition) is 7. The molecule has 0 amide bonds. The zero-order valence-corrected chi connectivity index (χ0v) is 14.7. The van der Waals surface area contributed by atoms with E-state index in [1.807, 2.05) is 31.5 Å². The van der Waals surface area contributed by atoms with Gasteiger partial charge in [-0.25, -0.2) is 4.98 Å². The van der Waals surface area contributed by atoms with Gasteiger partial charge in [0, 0.05) is 4.88 Å². The van der Waals surface area contributed by atoms with E-state index >= 15 is 0 Å². The predicted molar refractivity (Wildman–Crippen MR) is 89.1 cm³/mol. The molecule has 0 aliphatic heterocycles. The maximum atomic E-state index is 5.37. The van der Waals surface area contributed by atoms with E-state index in [0.29, 0.717) is 18.3 Å². The van der Waals surface area contributed by atoms with E-state index in [1.54, 1.807) is 22.7 Å². The van der Waals surface area contributed by atoms with Crippen LogP contribution in [0.1, 0.15) is 34.4 Å².